The molecule has 3 nitrogen and oxygen atoms in total. The summed E-state index contributed by atoms with van der Waals surface area (Å²) in [4.78, 5) is 0. The van der Waals surface area contributed by atoms with Crippen LogP contribution in [0.5, 0.6) is 11.5 Å². The largest absolute Gasteiger partial charge is 0.493 e. The van der Waals surface area contributed by atoms with Crippen molar-refractivity contribution in [3.8, 4) is 11.5 Å². The molecule has 0 saturated carbocycles. The van der Waals surface area contributed by atoms with Crippen LogP contribution in [0.1, 0.15) is 17.2 Å². The van der Waals surface area contributed by atoms with E-state index < -0.39 is 6.10 Å². The van der Waals surface area contributed by atoms with Gasteiger partial charge in [0.15, 0.2) is 11.5 Å². The van der Waals surface area contributed by atoms with Crippen molar-refractivity contribution in [3.63, 3.8) is 0 Å². The van der Waals surface area contributed by atoms with Crippen LogP contribution in [0.3, 0.4) is 0 Å². The molecule has 4 heteroatoms. The Labute approximate surface area is 123 Å². The molecule has 2 rings (SSSR count). The summed E-state index contributed by atoms with van der Waals surface area (Å²) in [7, 11) is 3.07. The second kappa shape index (κ2) is 6.64. The lowest BCUT2D eigenvalue weighted by atomic mass is 10.0. The van der Waals surface area contributed by atoms with Gasteiger partial charge in [-0.05, 0) is 11.6 Å². The van der Waals surface area contributed by atoms with E-state index in [1.165, 1.54) is 7.11 Å². The molecule has 1 N–H and O–H groups in total. The Balaban J connectivity index is 2.28. The third kappa shape index (κ3) is 3.06. The van der Waals surface area contributed by atoms with E-state index in [1.54, 1.807) is 19.2 Å². The third-order valence-electron chi connectivity index (χ3n) is 3.15. The molecule has 0 amide bonds. The molecule has 106 valence electrons. The minimum Gasteiger partial charge on any atom is -0.493 e. The lowest BCUT2D eigenvalue weighted by molar-refractivity contribution is 0.178. The predicted molar refractivity (Wildman–Crippen MR) is 79.7 cm³/mol. The Hall–Kier alpha value is -1.71. The Bertz CT molecular complexity index is 569. The van der Waals surface area contributed by atoms with Crippen LogP contribution in [-0.2, 0) is 6.42 Å². The smallest absolute Gasteiger partial charge is 0.179 e. The maximum Gasteiger partial charge on any atom is 0.179 e. The molecule has 0 aliphatic carbocycles. The monoisotopic (exact) mass is 292 g/mol. The van der Waals surface area contributed by atoms with E-state index in [0.717, 1.165) is 5.56 Å². The molecule has 0 spiro atoms. The van der Waals surface area contributed by atoms with Gasteiger partial charge in [0.2, 0.25) is 0 Å². The Morgan fingerprint density at radius 1 is 1.05 bits per heavy atom. The average Bonchev–Trinajstić information content (AvgIpc) is 2.47. The highest BCUT2D eigenvalue weighted by atomic mass is 35.5. The molecule has 1 atom stereocenters. The van der Waals surface area contributed by atoms with Crippen molar-refractivity contribution in [2.45, 2.75) is 12.5 Å². The zero-order chi connectivity index (χ0) is 14.5. The zero-order valence-corrected chi connectivity index (χ0v) is 12.2. The van der Waals surface area contributed by atoms with Crippen molar-refractivity contribution in [2.75, 3.05) is 14.2 Å². The van der Waals surface area contributed by atoms with Gasteiger partial charge in [0.05, 0.1) is 25.3 Å². The van der Waals surface area contributed by atoms with Gasteiger partial charge in [0, 0.05) is 12.0 Å². The fourth-order valence-corrected chi connectivity index (χ4v) is 2.47. The number of benzene rings is 2. The summed E-state index contributed by atoms with van der Waals surface area (Å²) in [5.74, 6) is 0.993. The minimum atomic E-state index is -0.690. The van der Waals surface area contributed by atoms with Gasteiger partial charge in [0.25, 0.3) is 0 Å². The van der Waals surface area contributed by atoms with Crippen molar-refractivity contribution in [2.24, 2.45) is 0 Å². The van der Waals surface area contributed by atoms with Crippen LogP contribution < -0.4 is 9.47 Å². The highest BCUT2D eigenvalue weighted by Gasteiger charge is 2.18. The standard InChI is InChI=1S/C16H17ClO3/c1-19-14-9-8-12(15(17)16(14)20-2)13(18)10-11-6-4-3-5-7-11/h3-9,13,18H,10H2,1-2H3. The maximum atomic E-state index is 10.4. The van der Waals surface area contributed by atoms with E-state index in [9.17, 15) is 5.11 Å². The van der Waals surface area contributed by atoms with E-state index in [2.05, 4.69) is 0 Å². The number of hydrogen-bond acceptors (Lipinski definition) is 3. The molecular weight excluding hydrogens is 276 g/mol. The van der Waals surface area contributed by atoms with E-state index in [0.29, 0.717) is 28.5 Å². The van der Waals surface area contributed by atoms with Crippen LogP contribution in [0.4, 0.5) is 0 Å². The maximum absolute atomic E-state index is 10.4. The highest BCUT2D eigenvalue weighted by Crippen LogP contribution is 2.40. The molecule has 2 aromatic carbocycles. The number of aliphatic hydroxyl groups excluding tert-OH is 1. The molecule has 0 heterocycles. The Kier molecular flexibility index (Phi) is 4.88. The van der Waals surface area contributed by atoms with Crippen LogP contribution in [0.2, 0.25) is 5.02 Å². The zero-order valence-electron chi connectivity index (χ0n) is 11.5. The van der Waals surface area contributed by atoms with Gasteiger partial charge in [-0.25, -0.2) is 0 Å². The summed E-state index contributed by atoms with van der Waals surface area (Å²) in [6.07, 6.45) is -0.194. The fraction of sp³-hybridized carbons (Fsp3) is 0.250. The molecule has 0 saturated heterocycles. The van der Waals surface area contributed by atoms with Gasteiger partial charge >= 0.3 is 0 Å². The second-order valence-electron chi connectivity index (χ2n) is 4.41. The molecule has 0 aliphatic heterocycles. The molecule has 2 aromatic rings. The van der Waals surface area contributed by atoms with E-state index >= 15 is 0 Å². The van der Waals surface area contributed by atoms with Crippen molar-refractivity contribution in [1.82, 2.24) is 0 Å². The number of halogens is 1. The third-order valence-corrected chi connectivity index (χ3v) is 3.54. The van der Waals surface area contributed by atoms with Crippen molar-refractivity contribution < 1.29 is 14.6 Å². The molecule has 1 unspecified atom stereocenters. The number of ether oxygens (including phenoxy) is 2. The normalized spacial score (nSPS) is 12.0. The highest BCUT2D eigenvalue weighted by molar-refractivity contribution is 6.33. The summed E-state index contributed by atoms with van der Waals surface area (Å²) in [5.41, 5.74) is 1.68. The molecule has 0 fully saturated rings. The average molecular weight is 293 g/mol. The Morgan fingerprint density at radius 3 is 2.35 bits per heavy atom. The van der Waals surface area contributed by atoms with Crippen molar-refractivity contribution >= 4 is 11.6 Å². The van der Waals surface area contributed by atoms with Gasteiger partial charge in [-0.1, -0.05) is 48.0 Å². The second-order valence-corrected chi connectivity index (χ2v) is 4.79. The van der Waals surface area contributed by atoms with Gasteiger partial charge in [0.1, 0.15) is 0 Å². The first-order valence-corrected chi connectivity index (χ1v) is 6.67. The van der Waals surface area contributed by atoms with E-state index in [-0.39, 0.29) is 0 Å². The van der Waals surface area contributed by atoms with Crippen LogP contribution in [0, 0.1) is 0 Å². The van der Waals surface area contributed by atoms with Crippen molar-refractivity contribution in [3.05, 3.63) is 58.6 Å². The molecule has 0 aliphatic rings. The summed E-state index contributed by atoms with van der Waals surface area (Å²) in [6.45, 7) is 0. The lowest BCUT2D eigenvalue weighted by Gasteiger charge is -2.17. The minimum absolute atomic E-state index is 0.385. The lowest BCUT2D eigenvalue weighted by Crippen LogP contribution is -2.04. The topological polar surface area (TPSA) is 38.7 Å². The first kappa shape index (κ1) is 14.7. The van der Waals surface area contributed by atoms with Gasteiger partial charge < -0.3 is 14.6 Å². The van der Waals surface area contributed by atoms with Gasteiger partial charge in [-0.2, -0.15) is 0 Å². The number of hydrogen-bond donors (Lipinski definition) is 1. The molecule has 20 heavy (non-hydrogen) atoms. The quantitative estimate of drug-likeness (QED) is 0.914. The van der Waals surface area contributed by atoms with E-state index in [1.807, 2.05) is 30.3 Å². The number of rotatable bonds is 5. The number of aliphatic hydroxyl groups is 1. The van der Waals surface area contributed by atoms with Crippen LogP contribution >= 0.6 is 11.6 Å². The first-order chi connectivity index (χ1) is 9.67. The van der Waals surface area contributed by atoms with Gasteiger partial charge in [-0.15, -0.1) is 0 Å². The van der Waals surface area contributed by atoms with Crippen LogP contribution in [0.15, 0.2) is 42.5 Å². The number of methoxy groups -OCH3 is 2. The summed E-state index contributed by atoms with van der Waals surface area (Å²) in [6, 6.07) is 13.3. The Morgan fingerprint density at radius 2 is 1.75 bits per heavy atom. The SMILES string of the molecule is COc1ccc(C(O)Cc2ccccc2)c(Cl)c1OC. The van der Waals surface area contributed by atoms with Gasteiger partial charge in [-0.3, -0.25) is 0 Å². The first-order valence-electron chi connectivity index (χ1n) is 6.29. The molecule has 0 radical (unpaired) electrons. The fourth-order valence-electron chi connectivity index (χ4n) is 2.11. The molecular formula is C16H17ClO3. The molecule has 0 bridgehead atoms. The van der Waals surface area contributed by atoms with Crippen molar-refractivity contribution in [1.29, 1.82) is 0 Å². The summed E-state index contributed by atoms with van der Waals surface area (Å²) < 4.78 is 10.4. The van der Waals surface area contributed by atoms with E-state index in [4.69, 9.17) is 21.1 Å². The van der Waals surface area contributed by atoms with Crippen LogP contribution in [-0.4, -0.2) is 19.3 Å². The molecule has 0 aromatic heterocycles. The summed E-state index contributed by atoms with van der Waals surface area (Å²) in [5, 5.41) is 10.7. The summed E-state index contributed by atoms with van der Waals surface area (Å²) >= 11 is 6.29. The predicted octanol–water partition coefficient (Wildman–Crippen LogP) is 3.63. The van der Waals surface area contributed by atoms with Crippen LogP contribution in [0.25, 0.3) is 0 Å².